The maximum absolute atomic E-state index is 11.9. The molecule has 0 N–H and O–H groups in total. The Balaban J connectivity index is 2.81. The van der Waals surface area contributed by atoms with Crippen molar-refractivity contribution in [2.24, 2.45) is 5.92 Å². The van der Waals surface area contributed by atoms with E-state index in [9.17, 15) is 4.79 Å². The van der Waals surface area contributed by atoms with Crippen LogP contribution in [0.5, 0.6) is 0 Å². The van der Waals surface area contributed by atoms with Gasteiger partial charge in [-0.25, -0.2) is 0 Å². The molecule has 6 nitrogen and oxygen atoms in total. The van der Waals surface area contributed by atoms with Crippen molar-refractivity contribution in [3.05, 3.63) is 0 Å². The van der Waals surface area contributed by atoms with Crippen molar-refractivity contribution >= 4 is 14.8 Å². The van der Waals surface area contributed by atoms with Gasteiger partial charge in [0.2, 0.25) is 0 Å². The van der Waals surface area contributed by atoms with E-state index < -0.39 is 8.80 Å². The second-order valence-corrected chi connectivity index (χ2v) is 8.63. The van der Waals surface area contributed by atoms with Crippen LogP contribution in [-0.4, -0.2) is 64.9 Å². The smallest absolute Gasteiger partial charge is 0.466 e. The first kappa shape index (κ1) is 21.6. The molecule has 0 aromatic rings. The Morgan fingerprint density at radius 3 is 1.83 bits per heavy atom. The first-order valence-corrected chi connectivity index (χ1v) is 11.2. The molecule has 0 spiro atoms. The summed E-state index contributed by atoms with van der Waals surface area (Å²) in [4.78, 5) is 14.3. The Labute approximate surface area is 148 Å². The summed E-state index contributed by atoms with van der Waals surface area (Å²) in [6.45, 7) is 13.9. The Hall–Kier alpha value is -0.473. The van der Waals surface area contributed by atoms with Gasteiger partial charge in [-0.3, -0.25) is 9.69 Å². The summed E-state index contributed by atoms with van der Waals surface area (Å²) in [5, 5.41) is 0. The molecule has 1 unspecified atom stereocenters. The van der Waals surface area contributed by atoms with Gasteiger partial charge in [-0.2, -0.15) is 0 Å². The zero-order valence-electron chi connectivity index (χ0n) is 16.0. The number of hydrogen-bond acceptors (Lipinski definition) is 6. The number of rotatable bonds is 11. The van der Waals surface area contributed by atoms with E-state index in [1.807, 2.05) is 27.7 Å². The third-order valence-electron chi connectivity index (χ3n) is 4.42. The number of likely N-dealkylation sites (tertiary alicyclic amines) is 1. The van der Waals surface area contributed by atoms with E-state index in [1.165, 1.54) is 0 Å². The minimum atomic E-state index is -2.77. The third kappa shape index (κ3) is 5.52. The number of ether oxygens (including phenoxy) is 1. The maximum atomic E-state index is 11.9. The van der Waals surface area contributed by atoms with E-state index in [1.54, 1.807) is 0 Å². The molecule has 1 aliphatic heterocycles. The lowest BCUT2D eigenvalue weighted by molar-refractivity contribution is -0.149. The number of nitrogens with zero attached hydrogens (tertiary/aromatic N) is 1. The molecule has 1 heterocycles. The van der Waals surface area contributed by atoms with Gasteiger partial charge in [-0.05, 0) is 60.0 Å². The molecule has 0 bridgehead atoms. The van der Waals surface area contributed by atoms with Crippen LogP contribution >= 0.6 is 0 Å². The van der Waals surface area contributed by atoms with Gasteiger partial charge in [0, 0.05) is 19.8 Å². The van der Waals surface area contributed by atoms with E-state index >= 15 is 0 Å². The average molecular weight is 362 g/mol. The molecule has 0 aromatic heterocycles. The molecule has 1 aliphatic rings. The summed E-state index contributed by atoms with van der Waals surface area (Å²) in [7, 11) is -2.77. The molecule has 1 atom stereocenters. The normalized spacial score (nSPS) is 18.5. The summed E-state index contributed by atoms with van der Waals surface area (Å²) in [5.41, 5.74) is 0.139. The van der Waals surface area contributed by atoms with Gasteiger partial charge in [0.25, 0.3) is 0 Å². The molecule has 0 radical (unpaired) electrons. The zero-order valence-corrected chi connectivity index (χ0v) is 17.0. The first-order valence-electron chi connectivity index (χ1n) is 9.40. The van der Waals surface area contributed by atoms with E-state index in [0.717, 1.165) is 32.4 Å². The Bertz CT molecular complexity index is 344. The summed E-state index contributed by atoms with van der Waals surface area (Å²) < 4.78 is 23.4. The van der Waals surface area contributed by atoms with E-state index in [0.29, 0.717) is 26.4 Å². The van der Waals surface area contributed by atoms with Crippen LogP contribution < -0.4 is 0 Å². The van der Waals surface area contributed by atoms with Gasteiger partial charge in [0.1, 0.15) is 0 Å². The van der Waals surface area contributed by atoms with Gasteiger partial charge in [-0.15, -0.1) is 0 Å². The number of esters is 1. The monoisotopic (exact) mass is 361 g/mol. The van der Waals surface area contributed by atoms with Crippen LogP contribution in [0.4, 0.5) is 0 Å². The molecule has 0 aliphatic carbocycles. The molecule has 0 aromatic carbocycles. The van der Waals surface area contributed by atoms with E-state index in [-0.39, 0.29) is 17.6 Å². The molecule has 7 heteroatoms. The van der Waals surface area contributed by atoms with Crippen LogP contribution in [-0.2, 0) is 22.8 Å². The van der Waals surface area contributed by atoms with Gasteiger partial charge in [0.15, 0.2) is 0 Å². The summed E-state index contributed by atoms with van der Waals surface area (Å²) in [6, 6.07) is 0. The minimum Gasteiger partial charge on any atom is -0.466 e. The zero-order chi connectivity index (χ0) is 18.0. The van der Waals surface area contributed by atoms with Crippen LogP contribution in [0.15, 0.2) is 0 Å². The van der Waals surface area contributed by atoms with E-state index in [4.69, 9.17) is 18.0 Å². The summed E-state index contributed by atoms with van der Waals surface area (Å²) in [6.07, 6.45) is 2.56. The number of carbonyl (C=O) groups is 1. The van der Waals surface area contributed by atoms with Crippen molar-refractivity contribution < 1.29 is 22.8 Å². The third-order valence-corrected chi connectivity index (χ3v) is 8.08. The summed E-state index contributed by atoms with van der Waals surface area (Å²) in [5.74, 6) is -0.0471. The lowest BCUT2D eigenvalue weighted by Crippen LogP contribution is -2.64. The maximum Gasteiger partial charge on any atom is 0.519 e. The second-order valence-electron chi connectivity index (χ2n) is 5.89. The quantitative estimate of drug-likeness (QED) is 0.416. The van der Waals surface area contributed by atoms with Gasteiger partial charge in [0.05, 0.1) is 18.2 Å². The molecular weight excluding hydrogens is 326 g/mol. The predicted octanol–water partition coefficient (Wildman–Crippen LogP) is 2.63. The van der Waals surface area contributed by atoms with Crippen molar-refractivity contribution in [1.29, 1.82) is 0 Å². The Morgan fingerprint density at radius 2 is 1.46 bits per heavy atom. The van der Waals surface area contributed by atoms with Crippen LogP contribution in [0.25, 0.3) is 0 Å². The van der Waals surface area contributed by atoms with Gasteiger partial charge >= 0.3 is 14.8 Å². The van der Waals surface area contributed by atoms with Crippen molar-refractivity contribution in [1.82, 2.24) is 4.90 Å². The topological polar surface area (TPSA) is 57.2 Å². The van der Waals surface area contributed by atoms with Gasteiger partial charge in [-0.1, -0.05) is 6.92 Å². The molecular formula is C17H35NO5Si. The highest BCUT2D eigenvalue weighted by molar-refractivity contribution is 6.62. The number of piperidine rings is 1. The van der Waals surface area contributed by atoms with Crippen LogP contribution in [0.1, 0.15) is 53.9 Å². The molecule has 0 saturated carbocycles. The SMILES string of the molecule is CCOC(=O)C1CCN(C(CC)[Si](OCC)(OCC)OCC)CC1. The van der Waals surface area contributed by atoms with Crippen molar-refractivity contribution in [3.63, 3.8) is 0 Å². The number of carbonyl (C=O) groups excluding carboxylic acids is 1. The first-order chi connectivity index (χ1) is 11.6. The standard InChI is InChI=1S/C17H35NO5Si/c1-6-16(24(21-8-3,22-9-4)23-10-5)18-13-11-15(12-14-18)17(19)20-7-2/h15-16H,6-14H2,1-5H3. The van der Waals surface area contributed by atoms with Crippen molar-refractivity contribution in [3.8, 4) is 0 Å². The Morgan fingerprint density at radius 1 is 0.958 bits per heavy atom. The second kappa shape index (κ2) is 11.2. The Kier molecular flexibility index (Phi) is 10.1. The molecule has 1 rings (SSSR count). The minimum absolute atomic E-state index is 0.0149. The molecule has 1 fully saturated rings. The highest BCUT2D eigenvalue weighted by Crippen LogP contribution is 2.28. The number of hydrogen-bond donors (Lipinski definition) is 0. The lowest BCUT2D eigenvalue weighted by Gasteiger charge is -2.43. The van der Waals surface area contributed by atoms with E-state index in [2.05, 4.69) is 11.8 Å². The molecule has 142 valence electrons. The highest BCUT2D eigenvalue weighted by atomic mass is 28.4. The summed E-state index contributed by atoms with van der Waals surface area (Å²) >= 11 is 0. The molecule has 0 amide bonds. The fraction of sp³-hybridized carbons (Fsp3) is 0.941. The largest absolute Gasteiger partial charge is 0.519 e. The van der Waals surface area contributed by atoms with Crippen LogP contribution in [0.2, 0.25) is 0 Å². The lowest BCUT2D eigenvalue weighted by atomic mass is 9.97. The van der Waals surface area contributed by atoms with Crippen LogP contribution in [0.3, 0.4) is 0 Å². The molecule has 24 heavy (non-hydrogen) atoms. The highest BCUT2D eigenvalue weighted by Gasteiger charge is 2.51. The average Bonchev–Trinajstić information content (AvgIpc) is 2.57. The van der Waals surface area contributed by atoms with Gasteiger partial charge < -0.3 is 18.0 Å². The van der Waals surface area contributed by atoms with Crippen molar-refractivity contribution in [2.75, 3.05) is 39.5 Å². The fourth-order valence-electron chi connectivity index (χ4n) is 3.46. The van der Waals surface area contributed by atoms with Crippen molar-refractivity contribution in [2.45, 2.75) is 59.5 Å². The predicted molar refractivity (Wildman–Crippen MR) is 95.6 cm³/mol. The fourth-order valence-corrected chi connectivity index (χ4v) is 6.70. The van der Waals surface area contributed by atoms with Crippen LogP contribution in [0, 0.1) is 5.92 Å². The molecule has 1 saturated heterocycles.